The van der Waals surface area contributed by atoms with E-state index in [1.54, 1.807) is 14.1 Å². The third-order valence-corrected chi connectivity index (χ3v) is 20.4. The Kier molecular flexibility index (Phi) is 14.8. The number of hydrogen-bond acceptors (Lipinski definition) is 5. The molecule has 31 heavy (non-hydrogen) atoms. The van der Waals surface area contributed by atoms with Crippen LogP contribution in [0.2, 0.25) is 49.1 Å². The zero-order valence-corrected chi connectivity index (χ0v) is 25.0. The van der Waals surface area contributed by atoms with Gasteiger partial charge in [0.2, 0.25) is 5.91 Å². The van der Waals surface area contributed by atoms with Crippen molar-refractivity contribution >= 4 is 39.9 Å². The molecule has 1 N–H and O–H groups in total. The molecule has 0 radical (unpaired) electrons. The second-order valence-corrected chi connectivity index (χ2v) is 24.4. The summed E-state index contributed by atoms with van der Waals surface area (Å²) < 4.78 is 31.5. The summed E-state index contributed by atoms with van der Waals surface area (Å²) in [5.74, 6) is 0.0403. The highest BCUT2D eigenvalue weighted by Gasteiger charge is 2.42. The number of unbranched alkanes of at least 4 members (excludes halogenated alkanes) is 2. The highest BCUT2D eigenvalue weighted by atomic mass is 28.5. The van der Waals surface area contributed by atoms with E-state index in [-0.39, 0.29) is 10.6 Å². The quantitative estimate of drug-likeness (QED) is 0.129. The topological polar surface area (TPSA) is 95.5 Å². The molecule has 0 atom stereocenters. The van der Waals surface area contributed by atoms with E-state index in [9.17, 15) is 18.9 Å². The van der Waals surface area contributed by atoms with E-state index in [2.05, 4.69) is 25.0 Å². The van der Waals surface area contributed by atoms with Crippen molar-refractivity contribution < 1.29 is 22.5 Å². The van der Waals surface area contributed by atoms with Crippen LogP contribution in [0.15, 0.2) is 0 Å². The van der Waals surface area contributed by atoms with Crippen LogP contribution in [0.3, 0.4) is 0 Å². The molecule has 1 amide bonds. The molecular weight excluding hydrogens is 461 g/mol. The lowest BCUT2D eigenvalue weighted by molar-refractivity contribution is -0.840. The van der Waals surface area contributed by atoms with Crippen LogP contribution in [0.25, 0.3) is 0 Å². The van der Waals surface area contributed by atoms with Crippen LogP contribution in [0.1, 0.15) is 46.0 Å². The van der Waals surface area contributed by atoms with E-state index in [1.807, 2.05) is 13.8 Å². The molecular formula is C20H46N2O5Si4. The number of carbonyl (C=O) groups is 1. The first-order valence-electron chi connectivity index (χ1n) is 11.8. The van der Waals surface area contributed by atoms with Crippen molar-refractivity contribution in [2.75, 3.05) is 27.2 Å². The maximum absolute atomic E-state index is 12.5. The third-order valence-electron chi connectivity index (χ3n) is 5.08. The zero-order chi connectivity index (χ0) is 24.1. The van der Waals surface area contributed by atoms with Crippen molar-refractivity contribution in [1.82, 2.24) is 5.32 Å². The van der Waals surface area contributed by atoms with Crippen molar-refractivity contribution in [2.45, 2.75) is 95.1 Å². The smallest absolute Gasteiger partial charge is 0.275 e. The SMILES string of the molecule is CC[Si](=O)C[Si](CCCNC(=O)CCCCC[N+](C)(C)[O-])(C[Si](=O)CC)O[Si](C)(C)C. The van der Waals surface area contributed by atoms with E-state index in [4.69, 9.17) is 4.12 Å². The van der Waals surface area contributed by atoms with Gasteiger partial charge < -0.3 is 28.2 Å². The minimum atomic E-state index is -2.38. The van der Waals surface area contributed by atoms with Crippen molar-refractivity contribution in [3.05, 3.63) is 5.21 Å². The molecule has 0 unspecified atom stereocenters. The number of rotatable bonds is 18. The monoisotopic (exact) mass is 506 g/mol. The molecule has 0 aliphatic carbocycles. The highest BCUT2D eigenvalue weighted by Crippen LogP contribution is 2.29. The van der Waals surface area contributed by atoms with Gasteiger partial charge in [-0.1, -0.05) is 13.8 Å². The fourth-order valence-electron chi connectivity index (χ4n) is 3.66. The summed E-state index contributed by atoms with van der Waals surface area (Å²) in [7, 11) is -4.41. The summed E-state index contributed by atoms with van der Waals surface area (Å²) in [5.41, 5.74) is 1.24. The largest absolute Gasteiger partial charge is 0.633 e. The predicted octanol–water partition coefficient (Wildman–Crippen LogP) is 4.39. The molecule has 0 spiro atoms. The second kappa shape index (κ2) is 14.9. The van der Waals surface area contributed by atoms with Crippen LogP contribution >= 0.6 is 0 Å². The molecule has 0 bridgehead atoms. The molecule has 0 aromatic carbocycles. The van der Waals surface area contributed by atoms with E-state index in [1.165, 1.54) is 0 Å². The molecule has 0 aromatic heterocycles. The molecule has 0 saturated heterocycles. The Balaban J connectivity index is 4.71. The minimum Gasteiger partial charge on any atom is -0.633 e. The van der Waals surface area contributed by atoms with Crippen LogP contribution in [-0.4, -0.2) is 71.7 Å². The summed E-state index contributed by atoms with van der Waals surface area (Å²) >= 11 is 0. The molecule has 0 aliphatic heterocycles. The van der Waals surface area contributed by atoms with Crippen LogP contribution in [0, 0.1) is 5.21 Å². The van der Waals surface area contributed by atoms with Crippen LogP contribution in [0.4, 0.5) is 0 Å². The van der Waals surface area contributed by atoms with Gasteiger partial charge in [0.25, 0.3) is 17.4 Å². The molecule has 0 aliphatic rings. The molecule has 0 heterocycles. The summed E-state index contributed by atoms with van der Waals surface area (Å²) in [6.45, 7) is 11.5. The standard InChI is InChI=1S/C20H46N2O5Si4/c1-8-28(25)18-31(19-29(26)9-2,27-30(5,6)7)17-13-15-21-20(23)14-11-10-12-16-22(3,4)24/h8-19H2,1-7H3,(H,21,23). The number of nitrogens with zero attached hydrogens (tertiary/aromatic N) is 1. The lowest BCUT2D eigenvalue weighted by Crippen LogP contribution is -2.50. The van der Waals surface area contributed by atoms with Crippen LogP contribution in [0.5, 0.6) is 0 Å². The molecule has 0 rings (SSSR count). The Labute approximate surface area is 195 Å². The average Bonchev–Trinajstić information content (AvgIpc) is 2.62. The van der Waals surface area contributed by atoms with Crippen LogP contribution in [-0.2, 0) is 17.8 Å². The lowest BCUT2D eigenvalue weighted by Gasteiger charge is -2.37. The minimum absolute atomic E-state index is 0.0403. The van der Waals surface area contributed by atoms with E-state index in [0.717, 1.165) is 31.7 Å². The fraction of sp³-hybridized carbons (Fsp3) is 0.950. The number of carbonyl (C=O) groups excluding carboxylic acids is 1. The van der Waals surface area contributed by atoms with Gasteiger partial charge in [-0.05, 0) is 63.5 Å². The van der Waals surface area contributed by atoms with Crippen molar-refractivity contribution in [3.63, 3.8) is 0 Å². The van der Waals surface area contributed by atoms with Gasteiger partial charge in [0.15, 0.2) is 16.6 Å². The number of quaternary nitrogens is 1. The van der Waals surface area contributed by atoms with E-state index >= 15 is 0 Å². The Morgan fingerprint density at radius 2 is 1.52 bits per heavy atom. The first-order chi connectivity index (χ1) is 14.2. The highest BCUT2D eigenvalue weighted by molar-refractivity contribution is 6.94. The Morgan fingerprint density at radius 3 is 1.97 bits per heavy atom. The Hall–Kier alpha value is -0.182. The third kappa shape index (κ3) is 17.0. The molecule has 0 saturated carbocycles. The number of hydrogen-bond donors (Lipinski definition) is 1. The zero-order valence-electron chi connectivity index (χ0n) is 21.0. The Bertz CT molecular complexity index is 559. The first-order valence-corrected chi connectivity index (χ1v) is 21.3. The molecule has 0 fully saturated rings. The average molecular weight is 507 g/mol. The maximum atomic E-state index is 12.5. The van der Waals surface area contributed by atoms with Gasteiger partial charge in [-0.2, -0.15) is 0 Å². The van der Waals surface area contributed by atoms with Gasteiger partial charge in [0.05, 0.1) is 20.6 Å². The van der Waals surface area contributed by atoms with Crippen molar-refractivity contribution in [1.29, 1.82) is 0 Å². The van der Waals surface area contributed by atoms with E-state index < -0.39 is 34.0 Å². The molecule has 0 aromatic rings. The normalized spacial score (nSPS) is 12.6. The summed E-state index contributed by atoms with van der Waals surface area (Å²) in [4.78, 5) is 12.1. The second-order valence-electron chi connectivity index (χ2n) is 10.1. The summed E-state index contributed by atoms with van der Waals surface area (Å²) in [6, 6.07) is 2.14. The lowest BCUT2D eigenvalue weighted by atomic mass is 10.2. The van der Waals surface area contributed by atoms with Crippen molar-refractivity contribution in [2.24, 2.45) is 0 Å². The van der Waals surface area contributed by atoms with Gasteiger partial charge in [0, 0.05) is 24.3 Å². The van der Waals surface area contributed by atoms with Gasteiger partial charge in [-0.15, -0.1) is 0 Å². The number of hydroxylamine groups is 3. The molecule has 7 nitrogen and oxygen atoms in total. The molecule has 182 valence electrons. The summed E-state index contributed by atoms with van der Waals surface area (Å²) in [6.07, 6.45) is 3.77. The number of amides is 1. The molecule has 11 heteroatoms. The predicted molar refractivity (Wildman–Crippen MR) is 135 cm³/mol. The maximum Gasteiger partial charge on any atom is 0.275 e. The van der Waals surface area contributed by atoms with Crippen LogP contribution < -0.4 is 5.32 Å². The van der Waals surface area contributed by atoms with Gasteiger partial charge in [-0.3, -0.25) is 4.79 Å². The van der Waals surface area contributed by atoms with E-state index in [0.29, 0.717) is 42.9 Å². The Morgan fingerprint density at radius 1 is 0.968 bits per heavy atom. The fourth-order valence-corrected chi connectivity index (χ4v) is 22.8. The van der Waals surface area contributed by atoms with Gasteiger partial charge in [0.1, 0.15) is 0 Å². The summed E-state index contributed by atoms with van der Waals surface area (Å²) in [5, 5.41) is 14.5. The first kappa shape index (κ1) is 30.8. The number of nitrogens with one attached hydrogen (secondary N) is 1. The van der Waals surface area contributed by atoms with Gasteiger partial charge >= 0.3 is 0 Å². The van der Waals surface area contributed by atoms with Gasteiger partial charge in [-0.25, -0.2) is 0 Å². The van der Waals surface area contributed by atoms with Crippen molar-refractivity contribution in [3.8, 4) is 0 Å².